The summed E-state index contributed by atoms with van der Waals surface area (Å²) in [6, 6.07) is -0.888. The highest BCUT2D eigenvalue weighted by Crippen LogP contribution is 2.43. The average Bonchev–Trinajstić information content (AvgIpc) is 3.06. The van der Waals surface area contributed by atoms with Crippen LogP contribution in [0.25, 0.3) is 0 Å². The van der Waals surface area contributed by atoms with Crippen molar-refractivity contribution in [3.05, 3.63) is 0 Å². The Hall–Kier alpha value is -0.540. The predicted molar refractivity (Wildman–Crippen MR) is 200 cm³/mol. The highest BCUT2D eigenvalue weighted by molar-refractivity contribution is 7.47. The number of carbonyl (C=O) groups excluding carboxylic acids is 1. The highest BCUT2D eigenvalue weighted by atomic mass is 31.2. The molecule has 0 aromatic rings. The number of hydrogen-bond donors (Lipinski definition) is 5. The minimum atomic E-state index is -4.36. The molecule has 0 fully saturated rings. The van der Waals surface area contributed by atoms with Crippen LogP contribution in [0.2, 0.25) is 0 Å². The molecule has 0 rings (SSSR count). The van der Waals surface area contributed by atoms with Crippen molar-refractivity contribution in [2.24, 2.45) is 5.73 Å². The lowest BCUT2D eigenvalue weighted by atomic mass is 10.0. The van der Waals surface area contributed by atoms with Gasteiger partial charge in [-0.05, 0) is 12.8 Å². The first-order valence-electron chi connectivity index (χ1n) is 20.2. The van der Waals surface area contributed by atoms with E-state index >= 15 is 0 Å². The van der Waals surface area contributed by atoms with Crippen LogP contribution in [-0.4, -0.2) is 59.0 Å². The number of phosphoric acid groups is 1. The summed E-state index contributed by atoms with van der Waals surface area (Å²) in [5.41, 5.74) is 5.35. The molecule has 288 valence electrons. The van der Waals surface area contributed by atoms with Gasteiger partial charge < -0.3 is 26.2 Å². The Bertz CT molecular complexity index is 746. The van der Waals surface area contributed by atoms with E-state index in [0.29, 0.717) is 12.8 Å². The maximum Gasteiger partial charge on any atom is 0.472 e. The first kappa shape index (κ1) is 47.5. The second-order valence-corrected chi connectivity index (χ2v) is 15.5. The summed E-state index contributed by atoms with van der Waals surface area (Å²) >= 11 is 0. The molecule has 4 atom stereocenters. The molecular formula is C38H79N2O7P. The lowest BCUT2D eigenvalue weighted by Gasteiger charge is -2.25. The number of rotatable bonds is 38. The monoisotopic (exact) mass is 707 g/mol. The second kappa shape index (κ2) is 34.9. The predicted octanol–water partition coefficient (Wildman–Crippen LogP) is 9.64. The van der Waals surface area contributed by atoms with E-state index in [1.165, 1.54) is 128 Å². The molecule has 0 heterocycles. The molecule has 9 nitrogen and oxygen atoms in total. The van der Waals surface area contributed by atoms with Crippen molar-refractivity contribution in [1.29, 1.82) is 0 Å². The Kier molecular flexibility index (Phi) is 34.5. The number of aliphatic hydroxyl groups is 2. The summed E-state index contributed by atoms with van der Waals surface area (Å²) < 4.78 is 22.0. The van der Waals surface area contributed by atoms with Gasteiger partial charge in [0.05, 0.1) is 37.9 Å². The van der Waals surface area contributed by atoms with Crippen LogP contribution < -0.4 is 11.1 Å². The topological polar surface area (TPSA) is 151 Å². The quantitative estimate of drug-likeness (QED) is 0.0315. The Balaban J connectivity index is 4.23. The number of unbranched alkanes of at least 4 members (excludes halogenated alkanes) is 24. The summed E-state index contributed by atoms with van der Waals surface area (Å²) in [6.45, 7) is 4.03. The third-order valence-electron chi connectivity index (χ3n) is 9.27. The molecule has 0 saturated heterocycles. The van der Waals surface area contributed by atoms with Gasteiger partial charge in [0.1, 0.15) is 0 Å². The molecule has 0 aromatic carbocycles. The Morgan fingerprint density at radius 1 is 0.625 bits per heavy atom. The first-order chi connectivity index (χ1) is 23.3. The van der Waals surface area contributed by atoms with Gasteiger partial charge in [-0.3, -0.25) is 13.8 Å². The number of phosphoric ester groups is 1. The average molecular weight is 707 g/mol. The van der Waals surface area contributed by atoms with Gasteiger partial charge in [0, 0.05) is 6.54 Å². The number of nitrogens with two attached hydrogens (primary N) is 1. The molecule has 0 spiro atoms. The van der Waals surface area contributed by atoms with Crippen molar-refractivity contribution in [2.75, 3.05) is 19.8 Å². The molecule has 48 heavy (non-hydrogen) atoms. The van der Waals surface area contributed by atoms with E-state index in [1.54, 1.807) is 0 Å². The van der Waals surface area contributed by atoms with Gasteiger partial charge in [-0.1, -0.05) is 181 Å². The minimum absolute atomic E-state index is 0.0622. The van der Waals surface area contributed by atoms with E-state index in [9.17, 15) is 24.5 Å². The van der Waals surface area contributed by atoms with Crippen molar-refractivity contribution < 1.29 is 33.5 Å². The smallest absolute Gasteiger partial charge is 0.393 e. The van der Waals surface area contributed by atoms with Gasteiger partial charge in [-0.15, -0.1) is 0 Å². The van der Waals surface area contributed by atoms with Crippen molar-refractivity contribution in [3.63, 3.8) is 0 Å². The van der Waals surface area contributed by atoms with E-state index in [1.807, 2.05) is 0 Å². The minimum Gasteiger partial charge on any atom is -0.393 e. The number of hydrogen-bond acceptors (Lipinski definition) is 7. The largest absolute Gasteiger partial charge is 0.472 e. The molecule has 0 aromatic heterocycles. The summed E-state index contributed by atoms with van der Waals surface area (Å²) in [5, 5.41) is 24.1. The molecule has 0 aliphatic heterocycles. The SMILES string of the molecule is CCCCCCCCCCCCCCCCCCC(O)CC(=O)NC(COP(=O)(O)OCCN)C(O)CCCCCCCCCCCC. The normalized spacial score (nSPS) is 14.9. The summed E-state index contributed by atoms with van der Waals surface area (Å²) in [6.07, 6.45) is 31.5. The Morgan fingerprint density at radius 3 is 1.40 bits per heavy atom. The van der Waals surface area contributed by atoms with E-state index in [2.05, 4.69) is 19.2 Å². The maximum absolute atomic E-state index is 12.8. The molecule has 10 heteroatoms. The van der Waals surface area contributed by atoms with Crippen molar-refractivity contribution >= 4 is 13.7 Å². The fourth-order valence-electron chi connectivity index (χ4n) is 6.18. The molecule has 1 amide bonds. The summed E-state index contributed by atoms with van der Waals surface area (Å²) in [5.74, 6) is -0.412. The number of carbonyl (C=O) groups is 1. The Labute approximate surface area is 295 Å². The van der Waals surface area contributed by atoms with Gasteiger partial charge in [0.2, 0.25) is 5.91 Å². The van der Waals surface area contributed by atoms with E-state index in [-0.39, 0.29) is 26.2 Å². The lowest BCUT2D eigenvalue weighted by molar-refractivity contribution is -0.125. The zero-order valence-corrected chi connectivity index (χ0v) is 32.3. The van der Waals surface area contributed by atoms with Gasteiger partial charge in [-0.2, -0.15) is 0 Å². The number of nitrogens with one attached hydrogen (secondary N) is 1. The summed E-state index contributed by atoms with van der Waals surface area (Å²) in [4.78, 5) is 22.7. The van der Waals surface area contributed by atoms with Crippen molar-refractivity contribution in [3.8, 4) is 0 Å². The zero-order chi connectivity index (χ0) is 35.6. The molecule has 0 aliphatic rings. The first-order valence-corrected chi connectivity index (χ1v) is 21.7. The van der Waals surface area contributed by atoms with Crippen LogP contribution in [0, 0.1) is 0 Å². The molecule has 6 N–H and O–H groups in total. The second-order valence-electron chi connectivity index (χ2n) is 14.0. The van der Waals surface area contributed by atoms with E-state index < -0.39 is 32.0 Å². The van der Waals surface area contributed by atoms with E-state index in [4.69, 9.17) is 14.8 Å². The zero-order valence-electron chi connectivity index (χ0n) is 31.4. The van der Waals surface area contributed by atoms with Crippen LogP contribution in [0.3, 0.4) is 0 Å². The van der Waals surface area contributed by atoms with Crippen LogP contribution in [0.4, 0.5) is 0 Å². The third kappa shape index (κ3) is 32.7. The molecule has 4 unspecified atom stereocenters. The van der Waals surface area contributed by atoms with E-state index in [0.717, 1.165) is 38.5 Å². The van der Waals surface area contributed by atoms with Crippen LogP contribution in [0.1, 0.15) is 200 Å². The number of amides is 1. The van der Waals surface area contributed by atoms with Gasteiger partial charge in [0.15, 0.2) is 0 Å². The van der Waals surface area contributed by atoms with Crippen LogP contribution in [0.5, 0.6) is 0 Å². The van der Waals surface area contributed by atoms with Crippen molar-refractivity contribution in [2.45, 2.75) is 218 Å². The summed E-state index contributed by atoms with van der Waals surface area (Å²) in [7, 11) is -4.36. The third-order valence-corrected chi connectivity index (χ3v) is 10.2. The molecular weight excluding hydrogens is 627 g/mol. The van der Waals surface area contributed by atoms with Crippen LogP contribution in [-0.2, 0) is 18.4 Å². The van der Waals surface area contributed by atoms with Gasteiger partial charge >= 0.3 is 7.82 Å². The Morgan fingerprint density at radius 2 is 1.00 bits per heavy atom. The standard InChI is InChI=1S/C38H79N2O7P/c1-3-5-7-9-11-13-15-16-17-18-19-20-21-23-25-27-29-35(41)33-38(43)40-36(34-47-48(44,45)46-32-31-39)37(42)30-28-26-24-22-14-12-10-8-6-4-2/h35-37,41-42H,3-34,39H2,1-2H3,(H,40,43)(H,44,45). The molecule has 0 aliphatic carbocycles. The highest BCUT2D eigenvalue weighted by Gasteiger charge is 2.28. The number of aliphatic hydroxyl groups excluding tert-OH is 2. The fraction of sp³-hybridized carbons (Fsp3) is 0.974. The van der Waals surface area contributed by atoms with Crippen LogP contribution >= 0.6 is 7.82 Å². The molecule has 0 saturated carbocycles. The maximum atomic E-state index is 12.8. The van der Waals surface area contributed by atoms with Gasteiger partial charge in [-0.25, -0.2) is 4.57 Å². The van der Waals surface area contributed by atoms with Crippen molar-refractivity contribution in [1.82, 2.24) is 5.32 Å². The molecule has 0 bridgehead atoms. The van der Waals surface area contributed by atoms with Gasteiger partial charge in [0.25, 0.3) is 0 Å². The lowest BCUT2D eigenvalue weighted by Crippen LogP contribution is -2.47. The fourth-order valence-corrected chi connectivity index (χ4v) is 6.94. The molecule has 0 radical (unpaired) electrons. The van der Waals surface area contributed by atoms with Crippen LogP contribution in [0.15, 0.2) is 0 Å².